The van der Waals surface area contributed by atoms with E-state index >= 15 is 0 Å². The summed E-state index contributed by atoms with van der Waals surface area (Å²) in [6, 6.07) is 15.7. The summed E-state index contributed by atoms with van der Waals surface area (Å²) in [4.78, 5) is 12.8. The fraction of sp³-hybridized carbons (Fsp3) is 0.381. The Kier molecular flexibility index (Phi) is 7.66. The number of hydrogen-bond donors (Lipinski definition) is 2. The Hall–Kier alpha value is -2.08. The van der Waals surface area contributed by atoms with Crippen molar-refractivity contribution in [1.29, 1.82) is 0 Å². The lowest BCUT2D eigenvalue weighted by Gasteiger charge is -2.34. The molecule has 0 spiro atoms. The Morgan fingerprint density at radius 3 is 2.52 bits per heavy atom. The molecule has 1 amide bonds. The third-order valence-electron chi connectivity index (χ3n) is 5.02. The SMILES string of the molecule is Cc1cc(OCc2ccccc2)ccc1NC(=O)C1(CN)CCOCC1.Cl. The Labute approximate surface area is 166 Å². The van der Waals surface area contributed by atoms with E-state index in [-0.39, 0.29) is 18.3 Å². The minimum Gasteiger partial charge on any atom is -0.489 e. The molecule has 2 aromatic rings. The lowest BCUT2D eigenvalue weighted by Crippen LogP contribution is -2.46. The van der Waals surface area contributed by atoms with Gasteiger partial charge in [-0.05, 0) is 49.1 Å². The molecule has 0 unspecified atom stereocenters. The molecule has 0 bridgehead atoms. The molecule has 1 aliphatic rings. The zero-order valence-electron chi connectivity index (χ0n) is 15.6. The van der Waals surface area contributed by atoms with Crippen LogP contribution in [-0.4, -0.2) is 25.7 Å². The van der Waals surface area contributed by atoms with Gasteiger partial charge < -0.3 is 20.5 Å². The first kappa shape index (κ1) is 21.2. The number of anilines is 1. The van der Waals surface area contributed by atoms with Gasteiger partial charge in [0.25, 0.3) is 0 Å². The summed E-state index contributed by atoms with van der Waals surface area (Å²) in [5.41, 5.74) is 8.25. The summed E-state index contributed by atoms with van der Waals surface area (Å²) in [6.07, 6.45) is 1.32. The zero-order valence-corrected chi connectivity index (χ0v) is 16.4. The Morgan fingerprint density at radius 1 is 1.19 bits per heavy atom. The van der Waals surface area contributed by atoms with E-state index in [1.807, 2.05) is 55.5 Å². The number of ether oxygens (including phenoxy) is 2. The van der Waals surface area contributed by atoms with Gasteiger partial charge in [0.05, 0.1) is 5.41 Å². The smallest absolute Gasteiger partial charge is 0.232 e. The van der Waals surface area contributed by atoms with Crippen molar-refractivity contribution in [3.8, 4) is 5.75 Å². The van der Waals surface area contributed by atoms with Crippen LogP contribution in [-0.2, 0) is 16.1 Å². The number of hydrogen-bond acceptors (Lipinski definition) is 4. The molecular weight excluding hydrogens is 364 g/mol. The van der Waals surface area contributed by atoms with Crippen molar-refractivity contribution in [2.24, 2.45) is 11.1 Å². The van der Waals surface area contributed by atoms with Crippen molar-refractivity contribution in [3.63, 3.8) is 0 Å². The van der Waals surface area contributed by atoms with Crippen molar-refractivity contribution < 1.29 is 14.3 Å². The molecule has 3 rings (SSSR count). The number of benzene rings is 2. The molecule has 27 heavy (non-hydrogen) atoms. The van der Waals surface area contributed by atoms with Gasteiger partial charge >= 0.3 is 0 Å². The standard InChI is InChI=1S/C21H26N2O3.ClH/c1-16-13-18(26-14-17-5-3-2-4-6-17)7-8-19(16)23-20(24)21(15-22)9-11-25-12-10-21;/h2-8,13H,9-12,14-15,22H2,1H3,(H,23,24);1H. The second-order valence-corrected chi connectivity index (χ2v) is 6.80. The van der Waals surface area contributed by atoms with Crippen LogP contribution in [0.3, 0.4) is 0 Å². The first-order chi connectivity index (χ1) is 12.6. The third-order valence-corrected chi connectivity index (χ3v) is 5.02. The van der Waals surface area contributed by atoms with Crippen molar-refractivity contribution in [3.05, 3.63) is 59.7 Å². The largest absolute Gasteiger partial charge is 0.489 e. The number of nitrogens with one attached hydrogen (secondary N) is 1. The highest BCUT2D eigenvalue weighted by molar-refractivity contribution is 5.96. The van der Waals surface area contributed by atoms with Crippen LogP contribution in [0, 0.1) is 12.3 Å². The van der Waals surface area contributed by atoms with Gasteiger partial charge in [-0.15, -0.1) is 12.4 Å². The Balaban J connectivity index is 0.00000261. The minimum atomic E-state index is -0.535. The predicted molar refractivity (Wildman–Crippen MR) is 109 cm³/mol. The van der Waals surface area contributed by atoms with Crippen LogP contribution < -0.4 is 15.8 Å². The normalized spacial score (nSPS) is 15.5. The summed E-state index contributed by atoms with van der Waals surface area (Å²) in [7, 11) is 0. The van der Waals surface area contributed by atoms with Crippen molar-refractivity contribution in [2.75, 3.05) is 25.1 Å². The maximum absolute atomic E-state index is 12.8. The molecule has 1 fully saturated rings. The molecule has 0 atom stereocenters. The average Bonchev–Trinajstić information content (AvgIpc) is 2.69. The molecule has 1 saturated heterocycles. The van der Waals surface area contributed by atoms with Gasteiger partial charge in [-0.3, -0.25) is 4.79 Å². The number of amides is 1. The molecule has 1 aliphatic heterocycles. The maximum Gasteiger partial charge on any atom is 0.232 e. The Bertz CT molecular complexity index is 746. The first-order valence-corrected chi connectivity index (χ1v) is 9.00. The van der Waals surface area contributed by atoms with E-state index in [2.05, 4.69) is 5.32 Å². The molecule has 0 aromatic heterocycles. The van der Waals surface area contributed by atoms with Crippen molar-refractivity contribution >= 4 is 24.0 Å². The topological polar surface area (TPSA) is 73.6 Å². The molecule has 146 valence electrons. The second kappa shape index (κ2) is 9.74. The van der Waals surface area contributed by atoms with Gasteiger partial charge in [0.15, 0.2) is 0 Å². The highest BCUT2D eigenvalue weighted by atomic mass is 35.5. The zero-order chi connectivity index (χ0) is 18.4. The predicted octanol–water partition coefficient (Wildman–Crippen LogP) is 3.69. The third kappa shape index (κ3) is 5.22. The molecule has 5 nitrogen and oxygen atoms in total. The number of nitrogens with two attached hydrogens (primary N) is 1. The summed E-state index contributed by atoms with van der Waals surface area (Å²) in [5, 5.41) is 3.04. The number of rotatable bonds is 6. The second-order valence-electron chi connectivity index (χ2n) is 6.80. The molecule has 0 saturated carbocycles. The molecule has 6 heteroatoms. The lowest BCUT2D eigenvalue weighted by atomic mass is 9.79. The number of carbonyl (C=O) groups excluding carboxylic acids is 1. The van der Waals surface area contributed by atoms with Crippen LogP contribution in [0.2, 0.25) is 0 Å². The van der Waals surface area contributed by atoms with Crippen LogP contribution in [0.15, 0.2) is 48.5 Å². The minimum absolute atomic E-state index is 0. The first-order valence-electron chi connectivity index (χ1n) is 9.00. The monoisotopic (exact) mass is 390 g/mol. The molecule has 3 N–H and O–H groups in total. The van der Waals surface area contributed by atoms with E-state index < -0.39 is 5.41 Å². The quantitative estimate of drug-likeness (QED) is 0.788. The fourth-order valence-corrected chi connectivity index (χ4v) is 3.15. The van der Waals surface area contributed by atoms with Crippen molar-refractivity contribution in [1.82, 2.24) is 0 Å². The summed E-state index contributed by atoms with van der Waals surface area (Å²) < 4.78 is 11.2. The molecule has 0 aliphatic carbocycles. The lowest BCUT2D eigenvalue weighted by molar-refractivity contribution is -0.130. The highest BCUT2D eigenvalue weighted by Gasteiger charge is 2.38. The highest BCUT2D eigenvalue weighted by Crippen LogP contribution is 2.32. The van der Waals surface area contributed by atoms with Gasteiger partial charge in [0.2, 0.25) is 5.91 Å². The van der Waals surface area contributed by atoms with Crippen LogP contribution in [0.25, 0.3) is 0 Å². The summed E-state index contributed by atoms with van der Waals surface area (Å²) in [6.45, 7) is 3.97. The van der Waals surface area contributed by atoms with E-state index in [4.69, 9.17) is 15.2 Å². The average molecular weight is 391 g/mol. The molecule has 0 radical (unpaired) electrons. The summed E-state index contributed by atoms with van der Waals surface area (Å²) in [5.74, 6) is 0.758. The van der Waals surface area contributed by atoms with Gasteiger partial charge in [-0.25, -0.2) is 0 Å². The van der Waals surface area contributed by atoms with E-state index in [9.17, 15) is 4.79 Å². The molecule has 2 aromatic carbocycles. The fourth-order valence-electron chi connectivity index (χ4n) is 3.15. The van der Waals surface area contributed by atoms with Gasteiger partial charge in [-0.2, -0.15) is 0 Å². The van der Waals surface area contributed by atoms with Gasteiger partial charge in [0.1, 0.15) is 12.4 Å². The van der Waals surface area contributed by atoms with Crippen LogP contribution in [0.5, 0.6) is 5.75 Å². The summed E-state index contributed by atoms with van der Waals surface area (Å²) >= 11 is 0. The molecular formula is C21H27ClN2O3. The van der Waals surface area contributed by atoms with Crippen LogP contribution >= 0.6 is 12.4 Å². The number of halogens is 1. The number of aryl methyl sites for hydroxylation is 1. The van der Waals surface area contributed by atoms with Gasteiger partial charge in [-0.1, -0.05) is 30.3 Å². The van der Waals surface area contributed by atoms with Crippen LogP contribution in [0.1, 0.15) is 24.0 Å². The van der Waals surface area contributed by atoms with Crippen molar-refractivity contribution in [2.45, 2.75) is 26.4 Å². The van der Waals surface area contributed by atoms with Gasteiger partial charge in [0, 0.05) is 25.4 Å². The van der Waals surface area contributed by atoms with E-state index in [0.717, 1.165) is 22.6 Å². The van der Waals surface area contributed by atoms with E-state index in [1.54, 1.807) is 0 Å². The van der Waals surface area contributed by atoms with E-state index in [0.29, 0.717) is 39.2 Å². The van der Waals surface area contributed by atoms with Crippen LogP contribution in [0.4, 0.5) is 5.69 Å². The maximum atomic E-state index is 12.8. The Morgan fingerprint density at radius 2 is 1.89 bits per heavy atom. The van der Waals surface area contributed by atoms with E-state index in [1.165, 1.54) is 0 Å². The number of carbonyl (C=O) groups is 1. The molecule has 1 heterocycles.